The summed E-state index contributed by atoms with van der Waals surface area (Å²) in [6.45, 7) is 2.24. The van der Waals surface area contributed by atoms with Crippen LogP contribution in [0, 0.1) is 12.7 Å². The number of ether oxygens (including phenoxy) is 1. The van der Waals surface area contributed by atoms with Crippen LogP contribution in [-0.2, 0) is 11.3 Å². The lowest BCUT2D eigenvalue weighted by molar-refractivity contribution is 0.0600. The normalized spacial score (nSPS) is 10.4. The van der Waals surface area contributed by atoms with Gasteiger partial charge in [-0.1, -0.05) is 6.07 Å². The first-order valence-electron chi connectivity index (χ1n) is 5.46. The monoisotopic (exact) mass is 248 g/mol. The second-order valence-electron chi connectivity index (χ2n) is 3.90. The lowest BCUT2D eigenvalue weighted by Gasteiger charge is -2.07. The van der Waals surface area contributed by atoms with Gasteiger partial charge in [0.1, 0.15) is 11.6 Å². The van der Waals surface area contributed by atoms with Crippen LogP contribution < -0.4 is 0 Å². The quantitative estimate of drug-likeness (QED) is 0.782. The van der Waals surface area contributed by atoms with Crippen LogP contribution >= 0.6 is 0 Å². The minimum Gasteiger partial charge on any atom is -0.465 e. The Morgan fingerprint density at radius 2 is 2.28 bits per heavy atom. The Bertz CT molecular complexity index is 578. The molecule has 0 spiro atoms. The smallest absolute Gasteiger partial charge is 0.337 e. The molecule has 2 rings (SSSR count). The van der Waals surface area contributed by atoms with Crippen LogP contribution in [-0.4, -0.2) is 22.6 Å². The molecule has 0 saturated heterocycles. The van der Waals surface area contributed by atoms with Crippen molar-refractivity contribution in [2.45, 2.75) is 13.5 Å². The molecule has 0 saturated carbocycles. The molecule has 4 nitrogen and oxygen atoms in total. The number of carbonyl (C=O) groups is 1. The molecule has 5 heteroatoms. The van der Waals surface area contributed by atoms with Gasteiger partial charge < -0.3 is 9.30 Å². The number of methoxy groups -OCH3 is 1. The molecule has 2 aromatic rings. The highest BCUT2D eigenvalue weighted by molar-refractivity contribution is 5.89. The maximum atomic E-state index is 13.8. The van der Waals surface area contributed by atoms with E-state index in [1.54, 1.807) is 24.5 Å². The van der Waals surface area contributed by atoms with Gasteiger partial charge in [-0.3, -0.25) is 0 Å². The summed E-state index contributed by atoms with van der Waals surface area (Å²) in [5.74, 6) is -0.156. The van der Waals surface area contributed by atoms with Crippen molar-refractivity contribution >= 4 is 5.97 Å². The Morgan fingerprint density at radius 1 is 1.50 bits per heavy atom. The zero-order valence-electron chi connectivity index (χ0n) is 10.2. The topological polar surface area (TPSA) is 44.1 Å². The number of hydrogen-bond acceptors (Lipinski definition) is 3. The number of halogens is 1. The number of aromatic nitrogens is 2. The van der Waals surface area contributed by atoms with Gasteiger partial charge in [0.2, 0.25) is 0 Å². The van der Waals surface area contributed by atoms with Crippen LogP contribution in [0.15, 0.2) is 30.6 Å². The van der Waals surface area contributed by atoms with Gasteiger partial charge in [-0.15, -0.1) is 0 Å². The third-order valence-corrected chi connectivity index (χ3v) is 2.74. The van der Waals surface area contributed by atoms with E-state index in [9.17, 15) is 9.18 Å². The third-order valence-electron chi connectivity index (χ3n) is 2.74. The highest BCUT2D eigenvalue weighted by Gasteiger charge is 2.10. The second-order valence-corrected chi connectivity index (χ2v) is 3.90. The van der Waals surface area contributed by atoms with Gasteiger partial charge >= 0.3 is 5.97 Å². The molecule has 1 aromatic carbocycles. The summed E-state index contributed by atoms with van der Waals surface area (Å²) in [6.07, 6.45) is 3.44. The van der Waals surface area contributed by atoms with Crippen LogP contribution in [0.3, 0.4) is 0 Å². The van der Waals surface area contributed by atoms with Crippen LogP contribution in [0.1, 0.15) is 21.7 Å². The molecule has 0 aliphatic heterocycles. The summed E-state index contributed by atoms with van der Waals surface area (Å²) in [6, 6.07) is 4.32. The number of aryl methyl sites for hydroxylation is 1. The molecular weight excluding hydrogens is 235 g/mol. The molecule has 1 heterocycles. The summed E-state index contributed by atoms with van der Waals surface area (Å²) in [4.78, 5) is 15.3. The maximum Gasteiger partial charge on any atom is 0.337 e. The molecule has 0 unspecified atom stereocenters. The largest absolute Gasteiger partial charge is 0.465 e. The fourth-order valence-corrected chi connectivity index (χ4v) is 1.67. The third kappa shape index (κ3) is 2.40. The van der Waals surface area contributed by atoms with E-state index in [-0.39, 0.29) is 5.56 Å². The number of imidazole rings is 1. The first-order chi connectivity index (χ1) is 8.61. The second kappa shape index (κ2) is 5.00. The van der Waals surface area contributed by atoms with Crippen molar-refractivity contribution in [2.75, 3.05) is 7.11 Å². The van der Waals surface area contributed by atoms with Gasteiger partial charge in [0.25, 0.3) is 0 Å². The molecule has 94 valence electrons. The van der Waals surface area contributed by atoms with Gasteiger partial charge in [0, 0.05) is 18.0 Å². The summed E-state index contributed by atoms with van der Waals surface area (Å²) >= 11 is 0. The Kier molecular flexibility index (Phi) is 3.41. The fourth-order valence-electron chi connectivity index (χ4n) is 1.67. The van der Waals surface area contributed by atoms with Crippen molar-refractivity contribution in [3.63, 3.8) is 0 Å². The fraction of sp³-hybridized carbons (Fsp3) is 0.231. The predicted molar refractivity (Wildman–Crippen MR) is 63.8 cm³/mol. The molecule has 0 fully saturated rings. The molecule has 0 bridgehead atoms. The average Bonchev–Trinajstić information content (AvgIpc) is 2.76. The van der Waals surface area contributed by atoms with Gasteiger partial charge in [0.15, 0.2) is 0 Å². The molecule has 0 aliphatic rings. The van der Waals surface area contributed by atoms with E-state index >= 15 is 0 Å². The van der Waals surface area contributed by atoms with Crippen LogP contribution in [0.25, 0.3) is 0 Å². The number of carbonyl (C=O) groups excluding carboxylic acids is 1. The SMILES string of the molecule is COC(=O)c1ccc(Cn2ccnc2C)c(F)c1. The van der Waals surface area contributed by atoms with E-state index in [0.29, 0.717) is 12.1 Å². The van der Waals surface area contributed by atoms with Crippen LogP contribution in [0.2, 0.25) is 0 Å². The minimum absolute atomic E-state index is 0.209. The molecule has 0 atom stereocenters. The Labute approximate surface area is 104 Å². The molecule has 0 amide bonds. The number of rotatable bonds is 3. The molecule has 0 aliphatic carbocycles. The van der Waals surface area contributed by atoms with E-state index in [0.717, 1.165) is 5.82 Å². The van der Waals surface area contributed by atoms with E-state index in [1.807, 2.05) is 11.5 Å². The predicted octanol–water partition coefficient (Wildman–Crippen LogP) is 2.17. The van der Waals surface area contributed by atoms with E-state index in [1.165, 1.54) is 13.2 Å². The highest BCUT2D eigenvalue weighted by Crippen LogP contribution is 2.13. The van der Waals surface area contributed by atoms with Crippen LogP contribution in [0.4, 0.5) is 4.39 Å². The van der Waals surface area contributed by atoms with Crippen molar-refractivity contribution in [2.24, 2.45) is 0 Å². The molecule has 0 radical (unpaired) electrons. The highest BCUT2D eigenvalue weighted by atomic mass is 19.1. The minimum atomic E-state index is -0.542. The number of nitrogens with zero attached hydrogens (tertiary/aromatic N) is 2. The Morgan fingerprint density at radius 3 is 2.83 bits per heavy atom. The number of benzene rings is 1. The lowest BCUT2D eigenvalue weighted by atomic mass is 10.1. The van der Waals surface area contributed by atoms with Crippen molar-refractivity contribution in [3.05, 3.63) is 53.4 Å². The standard InChI is InChI=1S/C13H13FN2O2/c1-9-15-5-6-16(9)8-11-4-3-10(7-12(11)14)13(17)18-2/h3-7H,8H2,1-2H3. The summed E-state index contributed by atoms with van der Waals surface area (Å²) in [5.41, 5.74) is 0.713. The Balaban J connectivity index is 2.25. The van der Waals surface area contributed by atoms with Crippen molar-refractivity contribution < 1.29 is 13.9 Å². The van der Waals surface area contributed by atoms with Gasteiger partial charge in [-0.05, 0) is 19.1 Å². The molecule has 18 heavy (non-hydrogen) atoms. The lowest BCUT2D eigenvalue weighted by Crippen LogP contribution is -2.06. The van der Waals surface area contributed by atoms with Gasteiger partial charge in [-0.25, -0.2) is 14.2 Å². The summed E-state index contributed by atoms with van der Waals surface area (Å²) < 4.78 is 20.2. The van der Waals surface area contributed by atoms with E-state index in [2.05, 4.69) is 9.72 Å². The number of esters is 1. The molecule has 0 N–H and O–H groups in total. The Hall–Kier alpha value is -2.17. The summed E-state index contributed by atoms with van der Waals surface area (Å²) in [5, 5.41) is 0. The van der Waals surface area contributed by atoms with E-state index < -0.39 is 11.8 Å². The summed E-state index contributed by atoms with van der Waals surface area (Å²) in [7, 11) is 1.27. The van der Waals surface area contributed by atoms with Gasteiger partial charge in [0.05, 0.1) is 19.2 Å². The number of hydrogen-bond donors (Lipinski definition) is 0. The zero-order chi connectivity index (χ0) is 13.1. The van der Waals surface area contributed by atoms with E-state index in [4.69, 9.17) is 0 Å². The maximum absolute atomic E-state index is 13.8. The first kappa shape index (κ1) is 12.3. The molecular formula is C13H13FN2O2. The molecule has 1 aromatic heterocycles. The van der Waals surface area contributed by atoms with Crippen molar-refractivity contribution in [1.82, 2.24) is 9.55 Å². The van der Waals surface area contributed by atoms with Crippen molar-refractivity contribution in [3.8, 4) is 0 Å². The average molecular weight is 248 g/mol. The van der Waals surface area contributed by atoms with Crippen LogP contribution in [0.5, 0.6) is 0 Å². The van der Waals surface area contributed by atoms with Crippen molar-refractivity contribution in [1.29, 1.82) is 0 Å². The zero-order valence-corrected chi connectivity index (χ0v) is 10.2. The first-order valence-corrected chi connectivity index (χ1v) is 5.46. The van der Waals surface area contributed by atoms with Gasteiger partial charge in [-0.2, -0.15) is 0 Å².